The normalized spacial score (nSPS) is 12.6. The van der Waals surface area contributed by atoms with Gasteiger partial charge in [0.2, 0.25) is 0 Å². The fraction of sp³-hybridized carbons (Fsp3) is 0.250. The first-order valence-corrected chi connectivity index (χ1v) is 7.27. The largest absolute Gasteiger partial charge is 0.441 e. The molecule has 1 aromatic carbocycles. The fourth-order valence-electron chi connectivity index (χ4n) is 1.04. The molecule has 0 bridgehead atoms. The number of hydrogen-bond acceptors (Lipinski definition) is 8. The second-order valence-corrected chi connectivity index (χ2v) is 5.89. The quantitative estimate of drug-likeness (QED) is 0.559. The van der Waals surface area contributed by atoms with Crippen molar-refractivity contribution in [1.82, 2.24) is 0 Å². The standard InChI is InChI=1S/C8H11NO7S2/c1-14-15-18(12,13)16-17(10,11)8-4-2-7(6-9)3-5-8/h2-5H,6,9H2,1H3. The summed E-state index contributed by atoms with van der Waals surface area (Å²) in [4.78, 5) is 3.49. The fourth-order valence-corrected chi connectivity index (χ4v) is 2.95. The molecule has 0 aliphatic heterocycles. The van der Waals surface area contributed by atoms with E-state index >= 15 is 0 Å². The first-order chi connectivity index (χ1) is 8.30. The van der Waals surface area contributed by atoms with Gasteiger partial charge in [-0.15, -0.1) is 3.63 Å². The van der Waals surface area contributed by atoms with Crippen LogP contribution in [-0.2, 0) is 39.9 Å². The van der Waals surface area contributed by atoms with Crippen LogP contribution in [0.3, 0.4) is 0 Å². The zero-order valence-corrected chi connectivity index (χ0v) is 10.9. The molecule has 0 saturated carbocycles. The van der Waals surface area contributed by atoms with Crippen molar-refractivity contribution in [3.8, 4) is 0 Å². The molecule has 0 aliphatic carbocycles. The second-order valence-electron chi connectivity index (χ2n) is 3.01. The van der Waals surface area contributed by atoms with Crippen molar-refractivity contribution < 1.29 is 29.7 Å². The molecule has 102 valence electrons. The minimum absolute atomic E-state index is 0.228. The lowest BCUT2D eigenvalue weighted by Gasteiger charge is -2.05. The molecule has 0 saturated heterocycles. The Morgan fingerprint density at radius 3 is 2.11 bits per heavy atom. The van der Waals surface area contributed by atoms with E-state index in [0.717, 1.165) is 7.11 Å². The number of benzene rings is 1. The van der Waals surface area contributed by atoms with Gasteiger partial charge in [-0.1, -0.05) is 16.5 Å². The molecular formula is C8H11NO7S2. The maximum Gasteiger partial charge on any atom is 0.441 e. The highest BCUT2D eigenvalue weighted by Crippen LogP contribution is 2.16. The van der Waals surface area contributed by atoms with E-state index in [0.29, 0.717) is 5.56 Å². The van der Waals surface area contributed by atoms with E-state index in [-0.39, 0.29) is 11.4 Å². The van der Waals surface area contributed by atoms with Crippen LogP contribution in [0.5, 0.6) is 0 Å². The van der Waals surface area contributed by atoms with Crippen LogP contribution >= 0.6 is 0 Å². The second kappa shape index (κ2) is 5.73. The van der Waals surface area contributed by atoms with Gasteiger partial charge in [-0.3, -0.25) is 0 Å². The van der Waals surface area contributed by atoms with Crippen molar-refractivity contribution >= 4 is 20.5 Å². The zero-order chi connectivity index (χ0) is 13.8. The zero-order valence-electron chi connectivity index (χ0n) is 9.27. The monoisotopic (exact) mass is 297 g/mol. The van der Waals surface area contributed by atoms with Gasteiger partial charge in [-0.2, -0.15) is 16.8 Å². The van der Waals surface area contributed by atoms with Crippen LogP contribution in [0.2, 0.25) is 0 Å². The SMILES string of the molecule is COOS(=O)(=O)OS(=O)(=O)c1ccc(CN)cc1. The van der Waals surface area contributed by atoms with Crippen LogP contribution in [0.25, 0.3) is 0 Å². The molecule has 0 heterocycles. The Morgan fingerprint density at radius 1 is 1.11 bits per heavy atom. The van der Waals surface area contributed by atoms with Crippen molar-refractivity contribution in [1.29, 1.82) is 0 Å². The predicted molar refractivity (Wildman–Crippen MR) is 59.6 cm³/mol. The lowest BCUT2D eigenvalue weighted by atomic mass is 10.2. The molecule has 1 rings (SSSR count). The number of hydrogen-bond donors (Lipinski definition) is 1. The lowest BCUT2D eigenvalue weighted by Crippen LogP contribution is -2.16. The van der Waals surface area contributed by atoms with Crippen molar-refractivity contribution in [2.45, 2.75) is 11.4 Å². The first kappa shape index (κ1) is 15.0. The van der Waals surface area contributed by atoms with Gasteiger partial charge in [0.15, 0.2) is 0 Å². The van der Waals surface area contributed by atoms with E-state index in [9.17, 15) is 16.8 Å². The number of rotatable bonds is 6. The third kappa shape index (κ3) is 4.01. The molecule has 0 aromatic heterocycles. The van der Waals surface area contributed by atoms with Gasteiger partial charge in [0.1, 0.15) is 0 Å². The summed E-state index contributed by atoms with van der Waals surface area (Å²) in [5, 5.41) is 0. The highest BCUT2D eigenvalue weighted by atomic mass is 32.3. The Bertz CT molecular complexity index is 591. The molecule has 1 aromatic rings. The van der Waals surface area contributed by atoms with Crippen LogP contribution in [-0.4, -0.2) is 23.9 Å². The molecule has 8 nitrogen and oxygen atoms in total. The molecule has 0 unspecified atom stereocenters. The summed E-state index contributed by atoms with van der Waals surface area (Å²) in [5.74, 6) is 0. The van der Waals surface area contributed by atoms with Gasteiger partial charge in [0.05, 0.1) is 12.0 Å². The summed E-state index contributed by atoms with van der Waals surface area (Å²) in [6, 6.07) is 5.19. The predicted octanol–water partition coefficient (Wildman–Crippen LogP) is -0.327. The molecule has 0 atom stereocenters. The van der Waals surface area contributed by atoms with Crippen LogP contribution < -0.4 is 5.73 Å². The van der Waals surface area contributed by atoms with Crippen LogP contribution in [0.15, 0.2) is 29.2 Å². The van der Waals surface area contributed by atoms with Crippen molar-refractivity contribution in [2.75, 3.05) is 7.11 Å². The minimum Gasteiger partial charge on any atom is -0.326 e. The molecular weight excluding hydrogens is 286 g/mol. The maximum atomic E-state index is 11.6. The van der Waals surface area contributed by atoms with Gasteiger partial charge in [0, 0.05) is 6.54 Å². The van der Waals surface area contributed by atoms with Gasteiger partial charge in [-0.05, 0) is 17.7 Å². The summed E-state index contributed by atoms with van der Waals surface area (Å²) in [5.41, 5.74) is 6.02. The molecule has 0 amide bonds. The van der Waals surface area contributed by atoms with Crippen LogP contribution in [0.4, 0.5) is 0 Å². The van der Waals surface area contributed by atoms with E-state index in [1.807, 2.05) is 0 Å². The van der Waals surface area contributed by atoms with E-state index in [2.05, 4.69) is 12.9 Å². The molecule has 0 radical (unpaired) electrons. The summed E-state index contributed by atoms with van der Waals surface area (Å²) >= 11 is 0. The Kier molecular flexibility index (Phi) is 4.78. The van der Waals surface area contributed by atoms with E-state index in [1.165, 1.54) is 24.3 Å². The number of nitrogens with two attached hydrogens (primary N) is 1. The smallest absolute Gasteiger partial charge is 0.326 e. The van der Waals surface area contributed by atoms with Crippen molar-refractivity contribution in [3.63, 3.8) is 0 Å². The third-order valence-corrected chi connectivity index (χ3v) is 4.31. The summed E-state index contributed by atoms with van der Waals surface area (Å²) in [6.45, 7) is 0.228. The first-order valence-electron chi connectivity index (χ1n) is 4.53. The highest BCUT2D eigenvalue weighted by molar-refractivity contribution is 7.97. The Hall–Kier alpha value is -1.04. The minimum atomic E-state index is -4.79. The Balaban J connectivity index is 2.99. The summed E-state index contributed by atoms with van der Waals surface area (Å²) in [6.07, 6.45) is 0. The summed E-state index contributed by atoms with van der Waals surface area (Å²) < 4.78 is 52.6. The van der Waals surface area contributed by atoms with E-state index in [1.54, 1.807) is 0 Å². The Morgan fingerprint density at radius 2 is 1.67 bits per heavy atom. The molecule has 0 aliphatic rings. The van der Waals surface area contributed by atoms with Crippen molar-refractivity contribution in [3.05, 3.63) is 29.8 Å². The van der Waals surface area contributed by atoms with Gasteiger partial charge in [0.25, 0.3) is 0 Å². The molecule has 2 N–H and O–H groups in total. The van der Waals surface area contributed by atoms with E-state index < -0.39 is 20.5 Å². The lowest BCUT2D eigenvalue weighted by molar-refractivity contribution is -0.178. The molecule has 10 heteroatoms. The van der Waals surface area contributed by atoms with Crippen LogP contribution in [0.1, 0.15) is 5.56 Å². The van der Waals surface area contributed by atoms with Gasteiger partial charge >= 0.3 is 20.5 Å². The molecule has 0 fully saturated rings. The van der Waals surface area contributed by atoms with Crippen molar-refractivity contribution in [2.24, 2.45) is 5.73 Å². The Labute approximate surface area is 105 Å². The average Bonchev–Trinajstić information content (AvgIpc) is 2.27. The topological polar surface area (TPSA) is 122 Å². The third-order valence-electron chi connectivity index (χ3n) is 1.77. The van der Waals surface area contributed by atoms with Gasteiger partial charge < -0.3 is 5.73 Å². The van der Waals surface area contributed by atoms with E-state index in [4.69, 9.17) is 5.73 Å². The highest BCUT2D eigenvalue weighted by Gasteiger charge is 2.26. The van der Waals surface area contributed by atoms with Crippen LogP contribution in [0, 0.1) is 0 Å². The molecule has 0 spiro atoms. The average molecular weight is 297 g/mol. The maximum absolute atomic E-state index is 11.6. The molecule has 18 heavy (non-hydrogen) atoms. The summed E-state index contributed by atoms with van der Waals surface area (Å²) in [7, 11) is -8.39. The van der Waals surface area contributed by atoms with Gasteiger partial charge in [-0.25, -0.2) is 4.89 Å².